The minimum absolute atomic E-state index is 0.0168. The van der Waals surface area contributed by atoms with Gasteiger partial charge in [0.1, 0.15) is 10.4 Å². The Balaban J connectivity index is 1.68. The Kier molecular flexibility index (Phi) is 6.13. The number of hydrogen-bond donors (Lipinski definition) is 0. The number of piperazine rings is 1. The first kappa shape index (κ1) is 19.1. The molecule has 7 nitrogen and oxygen atoms in total. The number of aromatic nitrogens is 1. The van der Waals surface area contributed by atoms with Crippen LogP contribution < -0.4 is 9.64 Å². The first-order valence-corrected chi connectivity index (χ1v) is 9.85. The van der Waals surface area contributed by atoms with E-state index < -0.39 is 0 Å². The summed E-state index contributed by atoms with van der Waals surface area (Å²) in [7, 11) is 1.57. The van der Waals surface area contributed by atoms with E-state index in [9.17, 15) is 9.59 Å². The molecule has 2 fully saturated rings. The quantitative estimate of drug-likeness (QED) is 0.675. The number of nitrogens with zero attached hydrogens (tertiary/aromatic N) is 4. The van der Waals surface area contributed by atoms with Crippen molar-refractivity contribution in [3.63, 3.8) is 0 Å². The molecular weight excluding hydrogens is 400 g/mol. The second-order valence-corrected chi connectivity index (χ2v) is 7.39. The van der Waals surface area contributed by atoms with Crippen LogP contribution >= 0.6 is 15.9 Å². The lowest BCUT2D eigenvalue weighted by atomic mass is 10.1. The maximum Gasteiger partial charge on any atom is 0.228 e. The van der Waals surface area contributed by atoms with E-state index in [4.69, 9.17) is 4.74 Å². The molecule has 2 saturated heterocycles. The van der Waals surface area contributed by atoms with Crippen LogP contribution in [0.1, 0.15) is 26.2 Å². The number of halogens is 1. The van der Waals surface area contributed by atoms with Crippen molar-refractivity contribution in [2.75, 3.05) is 44.7 Å². The van der Waals surface area contributed by atoms with Gasteiger partial charge >= 0.3 is 0 Å². The third-order valence-corrected chi connectivity index (χ3v) is 5.74. The van der Waals surface area contributed by atoms with Crippen molar-refractivity contribution in [1.82, 2.24) is 14.8 Å². The van der Waals surface area contributed by atoms with E-state index in [2.05, 4.69) is 32.7 Å². The van der Waals surface area contributed by atoms with E-state index in [-0.39, 0.29) is 17.9 Å². The first-order chi connectivity index (χ1) is 12.5. The summed E-state index contributed by atoms with van der Waals surface area (Å²) in [5.41, 5.74) is 0. The minimum Gasteiger partial charge on any atom is -0.494 e. The molecule has 142 valence electrons. The zero-order valence-corrected chi connectivity index (χ0v) is 16.9. The van der Waals surface area contributed by atoms with Crippen LogP contribution in [0.4, 0.5) is 5.82 Å². The Morgan fingerprint density at radius 3 is 2.65 bits per heavy atom. The van der Waals surface area contributed by atoms with Crippen molar-refractivity contribution < 1.29 is 14.3 Å². The van der Waals surface area contributed by atoms with Gasteiger partial charge in [0.15, 0.2) is 5.75 Å². The summed E-state index contributed by atoms with van der Waals surface area (Å²) in [4.78, 5) is 35.5. The van der Waals surface area contributed by atoms with Crippen molar-refractivity contribution in [3.8, 4) is 5.75 Å². The van der Waals surface area contributed by atoms with Gasteiger partial charge in [0, 0.05) is 45.1 Å². The molecule has 3 rings (SSSR count). The standard InChI is InChI=1S/C18H25BrN4O3/c1-3-21-8-10-22(11-9-21)17(25)12-13-4-7-16(24)23(13)15-6-5-14(26-2)18(19)20-15/h5-6,13H,3-4,7-12H2,1-2H3. The number of pyridine rings is 1. The number of carbonyl (C=O) groups excluding carboxylic acids is 2. The molecule has 26 heavy (non-hydrogen) atoms. The Morgan fingerprint density at radius 1 is 1.31 bits per heavy atom. The number of rotatable bonds is 5. The molecule has 1 atom stereocenters. The van der Waals surface area contributed by atoms with Crippen LogP contribution in [0.15, 0.2) is 16.7 Å². The lowest BCUT2D eigenvalue weighted by molar-refractivity contribution is -0.133. The van der Waals surface area contributed by atoms with Gasteiger partial charge in [-0.05, 0) is 41.0 Å². The van der Waals surface area contributed by atoms with Gasteiger partial charge < -0.3 is 14.5 Å². The van der Waals surface area contributed by atoms with E-state index in [0.717, 1.165) is 32.7 Å². The molecule has 2 amide bonds. The molecule has 0 bridgehead atoms. The van der Waals surface area contributed by atoms with Crippen LogP contribution in [0, 0.1) is 0 Å². The molecule has 0 aliphatic carbocycles. The minimum atomic E-state index is -0.132. The van der Waals surface area contributed by atoms with Gasteiger partial charge in [-0.3, -0.25) is 14.5 Å². The smallest absolute Gasteiger partial charge is 0.228 e. The lowest BCUT2D eigenvalue weighted by Crippen LogP contribution is -2.49. The predicted octanol–water partition coefficient (Wildman–Crippen LogP) is 1.90. The molecule has 3 heterocycles. The molecular formula is C18H25BrN4O3. The van der Waals surface area contributed by atoms with Crippen molar-refractivity contribution in [2.24, 2.45) is 0 Å². The summed E-state index contributed by atoms with van der Waals surface area (Å²) in [5.74, 6) is 1.32. The SMILES string of the molecule is CCN1CCN(C(=O)CC2CCC(=O)N2c2ccc(OC)c(Br)n2)CC1. The van der Waals surface area contributed by atoms with Crippen molar-refractivity contribution in [2.45, 2.75) is 32.2 Å². The number of anilines is 1. The molecule has 0 spiro atoms. The second-order valence-electron chi connectivity index (χ2n) is 6.64. The van der Waals surface area contributed by atoms with Gasteiger partial charge in [-0.25, -0.2) is 4.98 Å². The van der Waals surface area contributed by atoms with Gasteiger partial charge in [-0.15, -0.1) is 0 Å². The predicted molar refractivity (Wildman–Crippen MR) is 102 cm³/mol. The molecule has 2 aliphatic heterocycles. The fourth-order valence-corrected chi connectivity index (χ4v) is 4.07. The maximum atomic E-state index is 12.7. The van der Waals surface area contributed by atoms with Crippen LogP contribution in [0.25, 0.3) is 0 Å². The van der Waals surface area contributed by atoms with E-state index in [1.54, 1.807) is 24.1 Å². The number of amides is 2. The van der Waals surface area contributed by atoms with Gasteiger partial charge in [-0.2, -0.15) is 0 Å². The highest BCUT2D eigenvalue weighted by Crippen LogP contribution is 2.31. The zero-order chi connectivity index (χ0) is 18.7. The van der Waals surface area contributed by atoms with E-state index in [1.165, 1.54) is 0 Å². The van der Waals surface area contributed by atoms with Crippen molar-refractivity contribution in [3.05, 3.63) is 16.7 Å². The summed E-state index contributed by atoms with van der Waals surface area (Å²) < 4.78 is 5.75. The highest BCUT2D eigenvalue weighted by molar-refractivity contribution is 9.10. The van der Waals surface area contributed by atoms with Crippen LogP contribution in [0.2, 0.25) is 0 Å². The van der Waals surface area contributed by atoms with E-state index in [1.807, 2.05) is 4.90 Å². The fourth-order valence-electron chi connectivity index (χ4n) is 3.59. The zero-order valence-electron chi connectivity index (χ0n) is 15.3. The first-order valence-electron chi connectivity index (χ1n) is 9.06. The summed E-state index contributed by atoms with van der Waals surface area (Å²) >= 11 is 3.37. The van der Waals surface area contributed by atoms with Gasteiger partial charge in [0.2, 0.25) is 11.8 Å². The van der Waals surface area contributed by atoms with Gasteiger partial charge in [0.05, 0.1) is 7.11 Å². The Bertz CT molecular complexity index is 676. The molecule has 0 aromatic carbocycles. The van der Waals surface area contributed by atoms with Gasteiger partial charge in [-0.1, -0.05) is 6.92 Å². The van der Waals surface area contributed by atoms with Crippen LogP contribution in [0.3, 0.4) is 0 Å². The average molecular weight is 425 g/mol. The summed E-state index contributed by atoms with van der Waals surface area (Å²) in [6.45, 7) is 6.52. The summed E-state index contributed by atoms with van der Waals surface area (Å²) in [5, 5.41) is 0. The molecule has 1 unspecified atom stereocenters. The summed E-state index contributed by atoms with van der Waals surface area (Å²) in [6.07, 6.45) is 1.49. The topological polar surface area (TPSA) is 66.0 Å². The fraction of sp³-hybridized carbons (Fsp3) is 0.611. The number of carbonyl (C=O) groups is 2. The summed E-state index contributed by atoms with van der Waals surface area (Å²) in [6, 6.07) is 3.41. The number of likely N-dealkylation sites (N-methyl/N-ethyl adjacent to an activating group) is 1. The Hall–Kier alpha value is -1.67. The number of ether oxygens (including phenoxy) is 1. The van der Waals surface area contributed by atoms with E-state index in [0.29, 0.717) is 35.4 Å². The van der Waals surface area contributed by atoms with Crippen molar-refractivity contribution >= 4 is 33.6 Å². The lowest BCUT2D eigenvalue weighted by Gasteiger charge is -2.35. The molecule has 0 saturated carbocycles. The van der Waals surface area contributed by atoms with Gasteiger partial charge in [0.25, 0.3) is 0 Å². The Morgan fingerprint density at radius 2 is 2.04 bits per heavy atom. The molecule has 1 aromatic heterocycles. The third kappa shape index (κ3) is 4.01. The number of hydrogen-bond acceptors (Lipinski definition) is 5. The average Bonchev–Trinajstić information content (AvgIpc) is 3.01. The second kappa shape index (κ2) is 8.35. The maximum absolute atomic E-state index is 12.7. The Labute approximate surface area is 162 Å². The molecule has 2 aliphatic rings. The molecule has 1 aromatic rings. The number of methoxy groups -OCH3 is 1. The van der Waals surface area contributed by atoms with E-state index >= 15 is 0 Å². The monoisotopic (exact) mass is 424 g/mol. The highest BCUT2D eigenvalue weighted by atomic mass is 79.9. The van der Waals surface area contributed by atoms with Crippen LogP contribution in [-0.4, -0.2) is 72.5 Å². The highest BCUT2D eigenvalue weighted by Gasteiger charge is 2.36. The largest absolute Gasteiger partial charge is 0.494 e. The molecule has 0 N–H and O–H groups in total. The molecule has 8 heteroatoms. The van der Waals surface area contributed by atoms with Crippen LogP contribution in [-0.2, 0) is 9.59 Å². The third-order valence-electron chi connectivity index (χ3n) is 5.17. The molecule has 0 radical (unpaired) electrons. The normalized spacial score (nSPS) is 21.3. The van der Waals surface area contributed by atoms with Crippen molar-refractivity contribution in [1.29, 1.82) is 0 Å². The van der Waals surface area contributed by atoms with Crippen LogP contribution in [0.5, 0.6) is 5.75 Å².